The summed E-state index contributed by atoms with van der Waals surface area (Å²) in [5.41, 5.74) is 2.52. The van der Waals surface area contributed by atoms with Crippen molar-refractivity contribution in [2.45, 2.75) is 6.42 Å². The summed E-state index contributed by atoms with van der Waals surface area (Å²) in [7, 11) is 0. The molecule has 2 aromatic rings. The topological polar surface area (TPSA) is 61.8 Å². The molecule has 0 aliphatic rings. The number of H-pyrrole nitrogens is 1. The van der Waals surface area contributed by atoms with Gasteiger partial charge in [0.1, 0.15) is 5.75 Å². The van der Waals surface area contributed by atoms with E-state index >= 15 is 0 Å². The maximum absolute atomic E-state index is 9.25. The summed E-state index contributed by atoms with van der Waals surface area (Å²) in [6.07, 6.45) is 0.653. The third kappa shape index (κ3) is 1.74. The second-order valence-corrected chi connectivity index (χ2v) is 3.08. The summed E-state index contributed by atoms with van der Waals surface area (Å²) in [5, 5.41) is 19.4. The number of nitrogens with zero attached hydrogens (tertiary/aromatic N) is 2. The summed E-state index contributed by atoms with van der Waals surface area (Å²) in [6, 6.07) is 7.08. The standard InChI is InChI=1S/C10H10N3O/c1-7-10(12-13-11-7)6-8-3-2-4-9(14)5-8/h2-5,14H,1,6H2,(H,11,12,13). The number of hydrogen-bond acceptors (Lipinski definition) is 3. The van der Waals surface area contributed by atoms with E-state index in [0.29, 0.717) is 12.1 Å². The molecule has 0 fully saturated rings. The molecule has 0 aliphatic carbocycles. The van der Waals surface area contributed by atoms with Crippen LogP contribution >= 0.6 is 0 Å². The molecule has 0 saturated carbocycles. The van der Waals surface area contributed by atoms with Crippen LogP contribution in [0.15, 0.2) is 24.3 Å². The Morgan fingerprint density at radius 2 is 2.29 bits per heavy atom. The average molecular weight is 188 g/mol. The van der Waals surface area contributed by atoms with Gasteiger partial charge in [0, 0.05) is 6.42 Å². The maximum atomic E-state index is 9.25. The van der Waals surface area contributed by atoms with Gasteiger partial charge in [0.05, 0.1) is 11.4 Å². The summed E-state index contributed by atoms with van der Waals surface area (Å²) in [6.45, 7) is 3.73. The average Bonchev–Trinajstić information content (AvgIpc) is 2.52. The zero-order valence-corrected chi connectivity index (χ0v) is 7.57. The van der Waals surface area contributed by atoms with Crippen LogP contribution in [0.25, 0.3) is 0 Å². The number of phenols is 1. The molecule has 1 aromatic carbocycles. The lowest BCUT2D eigenvalue weighted by molar-refractivity contribution is 0.474. The van der Waals surface area contributed by atoms with Crippen molar-refractivity contribution in [3.8, 4) is 5.75 Å². The molecule has 71 valence electrons. The zero-order valence-electron chi connectivity index (χ0n) is 7.57. The van der Waals surface area contributed by atoms with Gasteiger partial charge in [-0.3, -0.25) is 5.10 Å². The SMILES string of the molecule is [CH2]c1nn[nH]c1Cc1cccc(O)c1. The quantitative estimate of drug-likeness (QED) is 0.746. The Kier molecular flexibility index (Phi) is 2.18. The Balaban J connectivity index is 2.23. The largest absolute Gasteiger partial charge is 0.508 e. The molecule has 2 N–H and O–H groups in total. The number of hydrogen-bond donors (Lipinski definition) is 2. The van der Waals surface area contributed by atoms with E-state index in [1.54, 1.807) is 18.2 Å². The van der Waals surface area contributed by atoms with Gasteiger partial charge in [-0.15, -0.1) is 5.10 Å². The predicted octanol–water partition coefficient (Wildman–Crippen LogP) is 1.28. The minimum absolute atomic E-state index is 0.264. The van der Waals surface area contributed by atoms with E-state index in [2.05, 4.69) is 22.3 Å². The third-order valence-corrected chi connectivity index (χ3v) is 2.00. The van der Waals surface area contributed by atoms with Gasteiger partial charge in [-0.05, 0) is 24.6 Å². The Hall–Kier alpha value is -1.84. The predicted molar refractivity (Wildman–Crippen MR) is 51.8 cm³/mol. The summed E-state index contributed by atoms with van der Waals surface area (Å²) in [4.78, 5) is 0. The van der Waals surface area contributed by atoms with Crippen molar-refractivity contribution in [3.63, 3.8) is 0 Å². The van der Waals surface area contributed by atoms with Crippen LogP contribution in [0, 0.1) is 6.92 Å². The lowest BCUT2D eigenvalue weighted by Gasteiger charge is -1.99. The normalized spacial score (nSPS) is 10.4. The van der Waals surface area contributed by atoms with E-state index in [1.807, 2.05) is 6.07 Å². The molecule has 1 heterocycles. The van der Waals surface area contributed by atoms with Crippen molar-refractivity contribution in [1.82, 2.24) is 15.4 Å². The number of benzene rings is 1. The van der Waals surface area contributed by atoms with E-state index < -0.39 is 0 Å². The van der Waals surface area contributed by atoms with E-state index in [9.17, 15) is 5.11 Å². The van der Waals surface area contributed by atoms with Crippen molar-refractivity contribution in [2.24, 2.45) is 0 Å². The number of nitrogens with one attached hydrogen (secondary N) is 1. The van der Waals surface area contributed by atoms with Gasteiger partial charge in [0.25, 0.3) is 0 Å². The van der Waals surface area contributed by atoms with Gasteiger partial charge >= 0.3 is 0 Å². The molecule has 0 amide bonds. The molecule has 2 rings (SSSR count). The second kappa shape index (κ2) is 3.49. The Morgan fingerprint density at radius 3 is 2.93 bits per heavy atom. The number of aromatic nitrogens is 3. The van der Waals surface area contributed by atoms with Crippen molar-refractivity contribution in [1.29, 1.82) is 0 Å². The number of phenolic OH excluding ortho intramolecular Hbond substituents is 1. The van der Waals surface area contributed by atoms with Crippen LogP contribution in [-0.4, -0.2) is 20.5 Å². The molecular formula is C10H10N3O. The first-order chi connectivity index (χ1) is 6.75. The summed E-state index contributed by atoms with van der Waals surface area (Å²) >= 11 is 0. The first-order valence-corrected chi connectivity index (χ1v) is 4.25. The summed E-state index contributed by atoms with van der Waals surface area (Å²) in [5.74, 6) is 0.264. The molecule has 14 heavy (non-hydrogen) atoms. The first-order valence-electron chi connectivity index (χ1n) is 4.25. The van der Waals surface area contributed by atoms with Crippen LogP contribution in [0.5, 0.6) is 5.75 Å². The molecule has 4 nitrogen and oxygen atoms in total. The highest BCUT2D eigenvalue weighted by Gasteiger charge is 2.03. The minimum atomic E-state index is 0.264. The van der Waals surface area contributed by atoms with E-state index in [0.717, 1.165) is 11.3 Å². The molecule has 4 heteroatoms. The molecule has 0 saturated heterocycles. The molecule has 0 atom stereocenters. The molecule has 1 aromatic heterocycles. The summed E-state index contributed by atoms with van der Waals surface area (Å²) < 4.78 is 0. The number of aromatic amines is 1. The van der Waals surface area contributed by atoms with Crippen LogP contribution in [0.1, 0.15) is 17.0 Å². The fourth-order valence-electron chi connectivity index (χ4n) is 1.28. The van der Waals surface area contributed by atoms with Crippen LogP contribution < -0.4 is 0 Å². The molecule has 1 radical (unpaired) electrons. The van der Waals surface area contributed by atoms with Crippen molar-refractivity contribution in [2.75, 3.05) is 0 Å². The van der Waals surface area contributed by atoms with Crippen molar-refractivity contribution in [3.05, 3.63) is 48.1 Å². The Bertz CT molecular complexity index is 436. The van der Waals surface area contributed by atoms with Crippen molar-refractivity contribution >= 4 is 0 Å². The lowest BCUT2D eigenvalue weighted by Crippen LogP contribution is -1.90. The van der Waals surface area contributed by atoms with Gasteiger partial charge in [0.15, 0.2) is 0 Å². The highest BCUT2D eigenvalue weighted by atomic mass is 16.3. The molecule has 0 unspecified atom stereocenters. The molecule has 0 aliphatic heterocycles. The van der Waals surface area contributed by atoms with Gasteiger partial charge in [-0.2, -0.15) is 0 Å². The van der Waals surface area contributed by atoms with Gasteiger partial charge in [-0.25, -0.2) is 0 Å². The first kappa shape index (κ1) is 8.74. The molecule has 0 spiro atoms. The third-order valence-electron chi connectivity index (χ3n) is 2.00. The Morgan fingerprint density at radius 1 is 1.43 bits per heavy atom. The van der Waals surface area contributed by atoms with Gasteiger partial charge < -0.3 is 5.11 Å². The number of rotatable bonds is 2. The maximum Gasteiger partial charge on any atom is 0.115 e. The van der Waals surface area contributed by atoms with E-state index in [4.69, 9.17) is 0 Å². The van der Waals surface area contributed by atoms with Gasteiger partial charge in [-0.1, -0.05) is 17.3 Å². The Labute approximate surface area is 81.6 Å². The molecular weight excluding hydrogens is 178 g/mol. The van der Waals surface area contributed by atoms with Crippen LogP contribution in [0.4, 0.5) is 0 Å². The second-order valence-electron chi connectivity index (χ2n) is 3.08. The fraction of sp³-hybridized carbons (Fsp3) is 0.100. The lowest BCUT2D eigenvalue weighted by atomic mass is 10.1. The van der Waals surface area contributed by atoms with Crippen molar-refractivity contribution < 1.29 is 5.11 Å². The smallest absolute Gasteiger partial charge is 0.115 e. The zero-order chi connectivity index (χ0) is 9.97. The minimum Gasteiger partial charge on any atom is -0.508 e. The molecule has 0 bridgehead atoms. The van der Waals surface area contributed by atoms with Crippen LogP contribution in [0.3, 0.4) is 0 Å². The van der Waals surface area contributed by atoms with Gasteiger partial charge in [0.2, 0.25) is 0 Å². The van der Waals surface area contributed by atoms with Crippen LogP contribution in [0.2, 0.25) is 0 Å². The van der Waals surface area contributed by atoms with Crippen LogP contribution in [-0.2, 0) is 6.42 Å². The van der Waals surface area contributed by atoms with E-state index in [1.165, 1.54) is 0 Å². The highest BCUT2D eigenvalue weighted by molar-refractivity contribution is 5.31. The number of aromatic hydroxyl groups is 1. The highest BCUT2D eigenvalue weighted by Crippen LogP contribution is 2.14. The van der Waals surface area contributed by atoms with E-state index in [-0.39, 0.29) is 5.75 Å². The fourth-order valence-corrected chi connectivity index (χ4v) is 1.28. The monoisotopic (exact) mass is 188 g/mol.